The molecule has 0 atom stereocenters. The summed E-state index contributed by atoms with van der Waals surface area (Å²) in [6.45, 7) is 11.7. The average Bonchev–Trinajstić information content (AvgIpc) is 2.33. The third kappa shape index (κ3) is 4.20. The first-order valence-electron chi connectivity index (χ1n) is 7.35. The van der Waals surface area contributed by atoms with E-state index in [2.05, 4.69) is 30.7 Å². The summed E-state index contributed by atoms with van der Waals surface area (Å²) in [5.41, 5.74) is 3.12. The van der Waals surface area contributed by atoms with E-state index in [1.165, 1.54) is 19.3 Å². The minimum Gasteiger partial charge on any atom is -0.392 e. The van der Waals surface area contributed by atoms with Crippen molar-refractivity contribution in [1.82, 2.24) is 4.98 Å². The molecule has 0 aliphatic carbocycles. The summed E-state index contributed by atoms with van der Waals surface area (Å²) in [7, 11) is 0. The molecule has 1 rings (SSSR count). The van der Waals surface area contributed by atoms with E-state index in [4.69, 9.17) is 0 Å². The van der Waals surface area contributed by atoms with Gasteiger partial charge >= 0.3 is 0 Å². The number of aryl methyl sites for hydroxylation is 2. The van der Waals surface area contributed by atoms with Gasteiger partial charge in [0.15, 0.2) is 0 Å². The fraction of sp³-hybridized carbons (Fsp3) is 0.688. The second-order valence-electron chi connectivity index (χ2n) is 5.54. The summed E-state index contributed by atoms with van der Waals surface area (Å²) in [5.74, 6) is 0.964. The maximum Gasteiger partial charge on any atom is 0.134 e. The highest BCUT2D eigenvalue weighted by Crippen LogP contribution is 2.25. The summed E-state index contributed by atoms with van der Waals surface area (Å²) in [5, 5.41) is 9.63. The Morgan fingerprint density at radius 1 is 1.26 bits per heavy atom. The van der Waals surface area contributed by atoms with Gasteiger partial charge in [-0.25, -0.2) is 4.98 Å². The van der Waals surface area contributed by atoms with Gasteiger partial charge in [0.2, 0.25) is 0 Å². The molecule has 0 saturated heterocycles. The summed E-state index contributed by atoms with van der Waals surface area (Å²) in [4.78, 5) is 6.99. The molecule has 0 unspecified atom stereocenters. The van der Waals surface area contributed by atoms with E-state index in [9.17, 15) is 5.11 Å². The topological polar surface area (TPSA) is 36.4 Å². The molecule has 19 heavy (non-hydrogen) atoms. The van der Waals surface area contributed by atoms with E-state index in [1.54, 1.807) is 0 Å². The van der Waals surface area contributed by atoms with Crippen molar-refractivity contribution >= 4 is 5.82 Å². The first kappa shape index (κ1) is 16.0. The van der Waals surface area contributed by atoms with Gasteiger partial charge in [-0.1, -0.05) is 19.8 Å². The van der Waals surface area contributed by atoms with Crippen LogP contribution < -0.4 is 4.90 Å². The summed E-state index contributed by atoms with van der Waals surface area (Å²) in [6.07, 6.45) is 3.63. The molecule has 108 valence electrons. The van der Waals surface area contributed by atoms with E-state index in [1.807, 2.05) is 19.9 Å². The third-order valence-corrected chi connectivity index (χ3v) is 3.51. The van der Waals surface area contributed by atoms with Gasteiger partial charge in [0.1, 0.15) is 5.82 Å². The monoisotopic (exact) mass is 264 g/mol. The van der Waals surface area contributed by atoms with Crippen molar-refractivity contribution in [2.75, 3.05) is 11.4 Å². The van der Waals surface area contributed by atoms with Gasteiger partial charge in [-0.05, 0) is 45.7 Å². The SMILES string of the molecule is CCCCCN(c1nc(C)cc(C)c1CO)C(C)C. The molecule has 1 aromatic heterocycles. The van der Waals surface area contributed by atoms with Crippen LogP contribution in [0.15, 0.2) is 6.07 Å². The van der Waals surface area contributed by atoms with Crippen LogP contribution in [0.2, 0.25) is 0 Å². The van der Waals surface area contributed by atoms with Crippen molar-refractivity contribution in [3.63, 3.8) is 0 Å². The second-order valence-corrected chi connectivity index (χ2v) is 5.54. The quantitative estimate of drug-likeness (QED) is 0.764. The van der Waals surface area contributed by atoms with Crippen molar-refractivity contribution < 1.29 is 5.11 Å². The number of unbranched alkanes of at least 4 members (excludes halogenated alkanes) is 2. The normalized spacial score (nSPS) is 11.1. The molecular formula is C16H28N2O. The molecule has 1 N–H and O–H groups in total. The van der Waals surface area contributed by atoms with Crippen molar-refractivity contribution in [2.24, 2.45) is 0 Å². The molecule has 0 aliphatic heterocycles. The van der Waals surface area contributed by atoms with Crippen LogP contribution in [0.25, 0.3) is 0 Å². The van der Waals surface area contributed by atoms with Crippen molar-refractivity contribution in [2.45, 2.75) is 66.5 Å². The molecule has 3 heteroatoms. The molecule has 0 bridgehead atoms. The highest BCUT2D eigenvalue weighted by atomic mass is 16.3. The molecule has 1 heterocycles. The summed E-state index contributed by atoms with van der Waals surface area (Å²) < 4.78 is 0. The van der Waals surface area contributed by atoms with Crippen LogP contribution in [0.4, 0.5) is 5.82 Å². The third-order valence-electron chi connectivity index (χ3n) is 3.51. The molecule has 0 saturated carbocycles. The Bertz CT molecular complexity index is 402. The summed E-state index contributed by atoms with van der Waals surface area (Å²) >= 11 is 0. The van der Waals surface area contributed by atoms with Crippen LogP contribution in [0.1, 0.15) is 56.9 Å². The maximum absolute atomic E-state index is 9.63. The molecule has 0 radical (unpaired) electrons. The Hall–Kier alpha value is -1.09. The van der Waals surface area contributed by atoms with Crippen LogP contribution in [0.5, 0.6) is 0 Å². The second kappa shape index (κ2) is 7.49. The zero-order valence-electron chi connectivity index (χ0n) is 13.0. The standard InChI is InChI=1S/C16H28N2O/c1-6-7-8-9-18(12(2)3)16-15(11-19)13(4)10-14(5)17-16/h10,12,19H,6-9,11H2,1-5H3. The van der Waals surface area contributed by atoms with Gasteiger partial charge in [-0.2, -0.15) is 0 Å². The molecular weight excluding hydrogens is 236 g/mol. The Kier molecular flexibility index (Phi) is 6.29. The van der Waals surface area contributed by atoms with Crippen molar-refractivity contribution in [1.29, 1.82) is 0 Å². The molecule has 0 aliphatic rings. The van der Waals surface area contributed by atoms with Gasteiger partial charge in [0.05, 0.1) is 6.61 Å². The Labute approximate surface area is 117 Å². The molecule has 0 amide bonds. The van der Waals surface area contributed by atoms with Crippen LogP contribution in [-0.4, -0.2) is 22.7 Å². The smallest absolute Gasteiger partial charge is 0.134 e. The summed E-state index contributed by atoms with van der Waals surface area (Å²) in [6, 6.07) is 2.44. The fourth-order valence-corrected chi connectivity index (χ4v) is 2.42. The van der Waals surface area contributed by atoms with E-state index in [0.29, 0.717) is 6.04 Å². The van der Waals surface area contributed by atoms with Crippen LogP contribution in [-0.2, 0) is 6.61 Å². The number of anilines is 1. The van der Waals surface area contributed by atoms with Gasteiger partial charge < -0.3 is 10.0 Å². The van der Waals surface area contributed by atoms with Crippen LogP contribution >= 0.6 is 0 Å². The van der Waals surface area contributed by atoms with Crippen LogP contribution in [0.3, 0.4) is 0 Å². The molecule has 0 fully saturated rings. The Balaban J connectivity index is 3.07. The molecule has 1 aromatic rings. The number of aliphatic hydroxyl groups is 1. The van der Waals surface area contributed by atoms with Gasteiger partial charge in [-0.3, -0.25) is 0 Å². The Morgan fingerprint density at radius 2 is 1.95 bits per heavy atom. The van der Waals surface area contributed by atoms with Gasteiger partial charge in [0, 0.05) is 23.8 Å². The van der Waals surface area contributed by atoms with E-state index >= 15 is 0 Å². The van der Waals surface area contributed by atoms with E-state index in [-0.39, 0.29) is 6.61 Å². The lowest BCUT2D eigenvalue weighted by atomic mass is 10.1. The zero-order chi connectivity index (χ0) is 14.4. The lowest BCUT2D eigenvalue weighted by Crippen LogP contribution is -2.33. The number of hydrogen-bond donors (Lipinski definition) is 1. The number of pyridine rings is 1. The highest BCUT2D eigenvalue weighted by Gasteiger charge is 2.17. The first-order valence-corrected chi connectivity index (χ1v) is 7.35. The van der Waals surface area contributed by atoms with E-state index in [0.717, 1.165) is 29.2 Å². The number of nitrogens with zero attached hydrogens (tertiary/aromatic N) is 2. The number of hydrogen-bond acceptors (Lipinski definition) is 3. The number of rotatable bonds is 7. The fourth-order valence-electron chi connectivity index (χ4n) is 2.42. The molecule has 0 spiro atoms. The van der Waals surface area contributed by atoms with E-state index < -0.39 is 0 Å². The van der Waals surface area contributed by atoms with Crippen molar-refractivity contribution in [3.05, 3.63) is 22.9 Å². The predicted molar refractivity (Wildman–Crippen MR) is 81.6 cm³/mol. The van der Waals surface area contributed by atoms with Gasteiger partial charge in [0.25, 0.3) is 0 Å². The minimum atomic E-state index is 0.0610. The van der Waals surface area contributed by atoms with Crippen molar-refractivity contribution in [3.8, 4) is 0 Å². The number of aliphatic hydroxyl groups excluding tert-OH is 1. The van der Waals surface area contributed by atoms with Gasteiger partial charge in [-0.15, -0.1) is 0 Å². The first-order chi connectivity index (χ1) is 9.01. The Morgan fingerprint density at radius 3 is 2.47 bits per heavy atom. The predicted octanol–water partition coefficient (Wildman–Crippen LogP) is 3.60. The lowest BCUT2D eigenvalue weighted by Gasteiger charge is -2.30. The largest absolute Gasteiger partial charge is 0.392 e. The molecule has 3 nitrogen and oxygen atoms in total. The molecule has 0 aromatic carbocycles. The minimum absolute atomic E-state index is 0.0610. The maximum atomic E-state index is 9.63. The number of aromatic nitrogens is 1. The average molecular weight is 264 g/mol. The highest BCUT2D eigenvalue weighted by molar-refractivity contribution is 5.51. The zero-order valence-corrected chi connectivity index (χ0v) is 13.0. The van der Waals surface area contributed by atoms with Crippen LogP contribution in [0, 0.1) is 13.8 Å². The lowest BCUT2D eigenvalue weighted by molar-refractivity contribution is 0.280.